The summed E-state index contributed by atoms with van der Waals surface area (Å²) in [7, 11) is -3.41. The Bertz CT molecular complexity index is 975. The smallest absolute Gasteiger partial charge is 0.232 e. The molecule has 0 aliphatic heterocycles. The molecule has 0 unspecified atom stereocenters. The molecule has 0 fully saturated rings. The monoisotopic (exact) mass is 384 g/mol. The van der Waals surface area contributed by atoms with Crippen molar-refractivity contribution in [3.8, 4) is 0 Å². The van der Waals surface area contributed by atoms with E-state index in [1.807, 2.05) is 30.3 Å². The predicted octanol–water partition coefficient (Wildman–Crippen LogP) is 4.94. The van der Waals surface area contributed by atoms with Crippen LogP contribution in [-0.4, -0.2) is 14.2 Å². The molecule has 6 heteroatoms. The van der Waals surface area contributed by atoms with E-state index < -0.39 is 10.0 Å². The predicted molar refractivity (Wildman–Crippen MR) is 108 cm³/mol. The van der Waals surface area contributed by atoms with E-state index in [0.717, 1.165) is 5.56 Å². The Morgan fingerprint density at radius 1 is 0.778 bits per heavy atom. The summed E-state index contributed by atoms with van der Waals surface area (Å²) < 4.78 is 40.7. The van der Waals surface area contributed by atoms with Gasteiger partial charge < -0.3 is 5.32 Å². The maximum atomic E-state index is 13.7. The third kappa shape index (κ3) is 5.82. The van der Waals surface area contributed by atoms with Crippen molar-refractivity contribution in [1.82, 2.24) is 0 Å². The molecule has 3 rings (SSSR count). The Morgan fingerprint density at radius 3 is 2.11 bits per heavy atom. The zero-order valence-electron chi connectivity index (χ0n) is 14.7. The van der Waals surface area contributed by atoms with Crippen molar-refractivity contribution in [2.24, 2.45) is 0 Å². The lowest BCUT2D eigenvalue weighted by Gasteiger charge is -2.10. The van der Waals surface area contributed by atoms with Crippen LogP contribution in [0.25, 0.3) is 0 Å². The van der Waals surface area contributed by atoms with E-state index in [9.17, 15) is 12.8 Å². The standard InChI is InChI=1S/C21H21FN2O2S/c22-20-10-4-5-11-21(20)23-18-12-14-19(15-13-18)24-27(25,26)16-6-9-17-7-2-1-3-8-17/h1-5,7-8,10-15,23-24H,6,9,16H2. The number of sulfonamides is 1. The van der Waals surface area contributed by atoms with Gasteiger partial charge in [-0.3, -0.25) is 4.72 Å². The van der Waals surface area contributed by atoms with E-state index in [1.54, 1.807) is 42.5 Å². The number of hydrogen-bond acceptors (Lipinski definition) is 3. The van der Waals surface area contributed by atoms with Crippen molar-refractivity contribution >= 4 is 27.1 Å². The highest BCUT2D eigenvalue weighted by Crippen LogP contribution is 2.21. The Labute approximate surface area is 159 Å². The minimum atomic E-state index is -3.41. The molecule has 3 aromatic carbocycles. The molecule has 27 heavy (non-hydrogen) atoms. The zero-order valence-corrected chi connectivity index (χ0v) is 15.5. The van der Waals surface area contributed by atoms with Crippen molar-refractivity contribution in [2.75, 3.05) is 15.8 Å². The van der Waals surface area contributed by atoms with E-state index >= 15 is 0 Å². The van der Waals surface area contributed by atoms with Crippen LogP contribution in [0.1, 0.15) is 12.0 Å². The topological polar surface area (TPSA) is 58.2 Å². The van der Waals surface area contributed by atoms with Crippen LogP contribution in [0.4, 0.5) is 21.5 Å². The number of anilines is 3. The SMILES string of the molecule is O=S(=O)(CCCc1ccccc1)Nc1ccc(Nc2ccccc2F)cc1. The average Bonchev–Trinajstić information content (AvgIpc) is 2.66. The first-order valence-corrected chi connectivity index (χ1v) is 10.3. The molecule has 0 spiro atoms. The molecule has 0 aromatic heterocycles. The summed E-state index contributed by atoms with van der Waals surface area (Å²) in [5.41, 5.74) is 2.64. The van der Waals surface area contributed by atoms with E-state index in [1.165, 1.54) is 6.07 Å². The molecule has 140 valence electrons. The summed E-state index contributed by atoms with van der Waals surface area (Å²) in [6, 6.07) is 22.9. The van der Waals surface area contributed by atoms with E-state index in [2.05, 4.69) is 10.0 Å². The van der Waals surface area contributed by atoms with Gasteiger partial charge in [-0.2, -0.15) is 0 Å². The second kappa shape index (κ2) is 8.68. The molecule has 0 aliphatic rings. The Morgan fingerprint density at radius 2 is 1.41 bits per heavy atom. The fourth-order valence-corrected chi connectivity index (χ4v) is 3.80. The zero-order chi connectivity index (χ0) is 19.1. The first-order valence-electron chi connectivity index (χ1n) is 8.68. The van der Waals surface area contributed by atoms with Gasteiger partial charge in [-0.1, -0.05) is 42.5 Å². The summed E-state index contributed by atoms with van der Waals surface area (Å²) in [4.78, 5) is 0. The van der Waals surface area contributed by atoms with Gasteiger partial charge in [0.1, 0.15) is 5.82 Å². The summed E-state index contributed by atoms with van der Waals surface area (Å²) in [6.07, 6.45) is 1.26. The highest BCUT2D eigenvalue weighted by molar-refractivity contribution is 7.92. The lowest BCUT2D eigenvalue weighted by Crippen LogP contribution is -2.17. The molecule has 2 N–H and O–H groups in total. The van der Waals surface area contributed by atoms with Crippen molar-refractivity contribution < 1.29 is 12.8 Å². The third-order valence-corrected chi connectivity index (χ3v) is 5.41. The number of benzene rings is 3. The Kier molecular flexibility index (Phi) is 6.08. The third-order valence-electron chi connectivity index (χ3n) is 4.03. The molecule has 0 radical (unpaired) electrons. The minimum absolute atomic E-state index is 0.0527. The van der Waals surface area contributed by atoms with Crippen molar-refractivity contribution in [2.45, 2.75) is 12.8 Å². The largest absolute Gasteiger partial charge is 0.353 e. The molecule has 0 saturated carbocycles. The molecule has 0 aliphatic carbocycles. The molecule has 0 heterocycles. The van der Waals surface area contributed by atoms with Gasteiger partial charge in [0, 0.05) is 11.4 Å². The first-order chi connectivity index (χ1) is 13.0. The van der Waals surface area contributed by atoms with Gasteiger partial charge in [0.2, 0.25) is 10.0 Å². The van der Waals surface area contributed by atoms with E-state index in [4.69, 9.17) is 0 Å². The van der Waals surface area contributed by atoms with E-state index in [-0.39, 0.29) is 11.6 Å². The van der Waals surface area contributed by atoms with Gasteiger partial charge in [0.15, 0.2) is 0 Å². The lowest BCUT2D eigenvalue weighted by molar-refractivity contribution is 0.598. The van der Waals surface area contributed by atoms with Crippen LogP contribution in [0.3, 0.4) is 0 Å². The van der Waals surface area contributed by atoms with Crippen LogP contribution in [0.2, 0.25) is 0 Å². The molecule has 0 bridgehead atoms. The van der Waals surface area contributed by atoms with Crippen molar-refractivity contribution in [3.63, 3.8) is 0 Å². The molecule has 0 atom stereocenters. The van der Waals surface area contributed by atoms with Gasteiger partial charge in [-0.25, -0.2) is 12.8 Å². The second-order valence-corrected chi connectivity index (χ2v) is 8.03. The van der Waals surface area contributed by atoms with Gasteiger partial charge >= 0.3 is 0 Å². The van der Waals surface area contributed by atoms with E-state index in [0.29, 0.717) is 29.9 Å². The molecule has 0 amide bonds. The van der Waals surface area contributed by atoms with Crippen LogP contribution < -0.4 is 10.0 Å². The molecular formula is C21H21FN2O2S. The average molecular weight is 384 g/mol. The Hall–Kier alpha value is -2.86. The van der Waals surface area contributed by atoms with Crippen LogP contribution in [-0.2, 0) is 16.4 Å². The van der Waals surface area contributed by atoms with Gasteiger partial charge in [-0.15, -0.1) is 0 Å². The highest BCUT2D eigenvalue weighted by Gasteiger charge is 2.10. The summed E-state index contributed by atoms with van der Waals surface area (Å²) >= 11 is 0. The fraction of sp³-hybridized carbons (Fsp3) is 0.143. The quantitative estimate of drug-likeness (QED) is 0.578. The number of halogens is 1. The van der Waals surface area contributed by atoms with Crippen LogP contribution in [0, 0.1) is 5.82 Å². The first kappa shape index (κ1) is 18.9. The van der Waals surface area contributed by atoms with Gasteiger partial charge in [0.05, 0.1) is 11.4 Å². The minimum Gasteiger partial charge on any atom is -0.353 e. The fourth-order valence-electron chi connectivity index (χ4n) is 2.68. The van der Waals surface area contributed by atoms with Crippen LogP contribution >= 0.6 is 0 Å². The highest BCUT2D eigenvalue weighted by atomic mass is 32.2. The maximum absolute atomic E-state index is 13.7. The summed E-state index contributed by atoms with van der Waals surface area (Å²) in [5, 5.41) is 2.96. The van der Waals surface area contributed by atoms with Crippen LogP contribution in [0.5, 0.6) is 0 Å². The molecular weight excluding hydrogens is 363 g/mol. The summed E-state index contributed by atoms with van der Waals surface area (Å²) in [6.45, 7) is 0. The molecule has 4 nitrogen and oxygen atoms in total. The number of rotatable bonds is 8. The Balaban J connectivity index is 1.54. The number of nitrogens with one attached hydrogen (secondary N) is 2. The van der Waals surface area contributed by atoms with Crippen LogP contribution in [0.15, 0.2) is 78.9 Å². The molecule has 0 saturated heterocycles. The number of hydrogen-bond donors (Lipinski definition) is 2. The number of para-hydroxylation sites is 1. The second-order valence-electron chi connectivity index (χ2n) is 6.19. The lowest BCUT2D eigenvalue weighted by atomic mass is 10.1. The van der Waals surface area contributed by atoms with Crippen molar-refractivity contribution in [1.29, 1.82) is 0 Å². The maximum Gasteiger partial charge on any atom is 0.232 e. The normalized spacial score (nSPS) is 11.1. The molecule has 3 aromatic rings. The summed E-state index contributed by atoms with van der Waals surface area (Å²) in [5.74, 6) is -0.294. The van der Waals surface area contributed by atoms with Gasteiger partial charge in [-0.05, 0) is 54.8 Å². The van der Waals surface area contributed by atoms with Crippen molar-refractivity contribution in [3.05, 3.63) is 90.2 Å². The number of aryl methyl sites for hydroxylation is 1. The van der Waals surface area contributed by atoms with Gasteiger partial charge in [0.25, 0.3) is 0 Å².